The second-order valence-electron chi connectivity index (χ2n) is 7.34. The second kappa shape index (κ2) is 8.99. The summed E-state index contributed by atoms with van der Waals surface area (Å²) in [5, 5.41) is 1.29. The molecule has 2 aromatic carbocycles. The zero-order chi connectivity index (χ0) is 21.0. The van der Waals surface area contributed by atoms with Gasteiger partial charge in [0.1, 0.15) is 0 Å². The third kappa shape index (κ3) is 4.72. The molecule has 3 aromatic rings. The fourth-order valence-corrected chi connectivity index (χ4v) is 4.87. The van der Waals surface area contributed by atoms with Gasteiger partial charge in [-0.3, -0.25) is 4.57 Å². The number of aryl methyl sites for hydroxylation is 1. The molecule has 158 valence electrons. The first kappa shape index (κ1) is 20.6. The molecule has 4 rings (SSSR count). The van der Waals surface area contributed by atoms with Gasteiger partial charge in [-0.25, -0.2) is 13.2 Å². The number of nitrogens with zero attached hydrogens (tertiary/aromatic N) is 3. The van der Waals surface area contributed by atoms with Crippen LogP contribution in [0.1, 0.15) is 12.0 Å². The number of fused-ring (bicyclic) bond motifs is 1. The number of hydrogen-bond donors (Lipinski definition) is 0. The van der Waals surface area contributed by atoms with Gasteiger partial charge in [-0.05, 0) is 36.7 Å². The van der Waals surface area contributed by atoms with Crippen LogP contribution >= 0.6 is 0 Å². The molecule has 8 heteroatoms. The fraction of sp³-hybridized carbons (Fsp3) is 0.318. The molecule has 0 bridgehead atoms. The summed E-state index contributed by atoms with van der Waals surface area (Å²) >= 11 is 0. The van der Waals surface area contributed by atoms with Crippen molar-refractivity contribution < 1.29 is 12.8 Å². The van der Waals surface area contributed by atoms with Gasteiger partial charge < -0.3 is 9.32 Å². The van der Waals surface area contributed by atoms with E-state index in [-0.39, 0.29) is 5.76 Å². The quantitative estimate of drug-likeness (QED) is 0.579. The van der Waals surface area contributed by atoms with Gasteiger partial charge in [0.2, 0.25) is 10.0 Å². The minimum Gasteiger partial charge on any atom is -0.408 e. The standard InChI is InChI=1S/C22H25N3O4S/c26-22-25(20-9-4-5-10-21(20)29-22)13-6-12-23-14-16-24(17-15-23)30(27,28)18-11-19-7-2-1-3-8-19/h1-5,7-11,18H,6,12-17H2/b18-11+. The third-order valence-corrected chi connectivity index (χ3v) is 6.92. The van der Waals surface area contributed by atoms with Crippen LogP contribution in [0.4, 0.5) is 0 Å². The molecule has 0 spiro atoms. The highest BCUT2D eigenvalue weighted by Gasteiger charge is 2.24. The number of oxazole rings is 1. The molecular weight excluding hydrogens is 402 g/mol. The molecule has 0 aliphatic carbocycles. The topological polar surface area (TPSA) is 75.8 Å². The van der Waals surface area contributed by atoms with E-state index in [9.17, 15) is 13.2 Å². The number of para-hydroxylation sites is 2. The average Bonchev–Trinajstić information content (AvgIpc) is 3.09. The van der Waals surface area contributed by atoms with Gasteiger partial charge in [-0.15, -0.1) is 0 Å². The highest BCUT2D eigenvalue weighted by Crippen LogP contribution is 2.14. The summed E-state index contributed by atoms with van der Waals surface area (Å²) in [7, 11) is -3.42. The summed E-state index contributed by atoms with van der Waals surface area (Å²) < 4.78 is 33.6. The van der Waals surface area contributed by atoms with E-state index in [4.69, 9.17) is 4.42 Å². The number of sulfonamides is 1. The number of piperazine rings is 1. The first-order chi connectivity index (χ1) is 14.5. The summed E-state index contributed by atoms with van der Waals surface area (Å²) in [6.45, 7) is 3.68. The smallest absolute Gasteiger partial charge is 0.408 e. The van der Waals surface area contributed by atoms with Crippen LogP contribution in [-0.4, -0.2) is 54.9 Å². The van der Waals surface area contributed by atoms with Crippen molar-refractivity contribution in [2.45, 2.75) is 13.0 Å². The lowest BCUT2D eigenvalue weighted by molar-refractivity contribution is 0.185. The van der Waals surface area contributed by atoms with Gasteiger partial charge >= 0.3 is 5.76 Å². The summed E-state index contributed by atoms with van der Waals surface area (Å²) in [6.07, 6.45) is 2.43. The van der Waals surface area contributed by atoms with Crippen LogP contribution in [-0.2, 0) is 16.6 Å². The van der Waals surface area contributed by atoms with Gasteiger partial charge in [0.25, 0.3) is 0 Å². The molecule has 1 saturated heterocycles. The first-order valence-electron chi connectivity index (χ1n) is 10.1. The Morgan fingerprint density at radius 3 is 2.37 bits per heavy atom. The summed E-state index contributed by atoms with van der Waals surface area (Å²) in [5.41, 5.74) is 2.27. The van der Waals surface area contributed by atoms with Crippen LogP contribution in [0.5, 0.6) is 0 Å². The monoisotopic (exact) mass is 427 g/mol. The van der Waals surface area contributed by atoms with E-state index >= 15 is 0 Å². The van der Waals surface area contributed by atoms with E-state index in [1.165, 1.54) is 9.71 Å². The Kier molecular flexibility index (Phi) is 6.17. The zero-order valence-electron chi connectivity index (χ0n) is 16.7. The molecule has 0 atom stereocenters. The minimum atomic E-state index is -3.42. The molecule has 0 unspecified atom stereocenters. The Hall–Kier alpha value is -2.68. The molecule has 1 aromatic heterocycles. The number of aromatic nitrogens is 1. The predicted molar refractivity (Wildman–Crippen MR) is 117 cm³/mol. The van der Waals surface area contributed by atoms with Crippen molar-refractivity contribution in [2.75, 3.05) is 32.7 Å². The van der Waals surface area contributed by atoms with Gasteiger partial charge in [-0.2, -0.15) is 4.31 Å². The Balaban J connectivity index is 1.28. The van der Waals surface area contributed by atoms with Crippen molar-refractivity contribution in [3.05, 3.63) is 76.1 Å². The maximum absolute atomic E-state index is 12.6. The van der Waals surface area contributed by atoms with Crippen LogP contribution < -0.4 is 5.76 Å². The molecule has 1 aliphatic heterocycles. The van der Waals surface area contributed by atoms with Crippen molar-refractivity contribution in [3.8, 4) is 0 Å². The summed E-state index contributed by atoms with van der Waals surface area (Å²) in [4.78, 5) is 14.3. The van der Waals surface area contributed by atoms with E-state index in [0.717, 1.165) is 24.0 Å². The molecule has 0 radical (unpaired) electrons. The van der Waals surface area contributed by atoms with Crippen molar-refractivity contribution in [1.82, 2.24) is 13.8 Å². The second-order valence-corrected chi connectivity index (χ2v) is 9.16. The lowest BCUT2D eigenvalue weighted by Gasteiger charge is -2.33. The molecule has 1 fully saturated rings. The van der Waals surface area contributed by atoms with Crippen LogP contribution in [0.2, 0.25) is 0 Å². The maximum atomic E-state index is 12.6. The number of benzene rings is 2. The van der Waals surface area contributed by atoms with E-state index in [2.05, 4.69) is 4.90 Å². The SMILES string of the molecule is O=c1oc2ccccc2n1CCCN1CCN(S(=O)(=O)/C=C/c2ccccc2)CC1. The van der Waals surface area contributed by atoms with Gasteiger partial charge in [0, 0.05) is 38.1 Å². The Morgan fingerprint density at radius 1 is 0.900 bits per heavy atom. The molecule has 0 N–H and O–H groups in total. The van der Waals surface area contributed by atoms with E-state index < -0.39 is 10.0 Å². The lowest BCUT2D eigenvalue weighted by atomic mass is 10.2. The Morgan fingerprint density at radius 2 is 1.60 bits per heavy atom. The number of hydrogen-bond acceptors (Lipinski definition) is 5. The Labute approximate surface area is 175 Å². The third-order valence-electron chi connectivity index (χ3n) is 5.35. The molecule has 0 saturated carbocycles. The predicted octanol–water partition coefficient (Wildman–Crippen LogP) is 2.60. The van der Waals surface area contributed by atoms with Crippen molar-refractivity contribution >= 4 is 27.2 Å². The van der Waals surface area contributed by atoms with Crippen LogP contribution in [0.15, 0.2) is 69.2 Å². The first-order valence-corrected chi connectivity index (χ1v) is 11.6. The summed E-state index contributed by atoms with van der Waals surface area (Å²) in [5.74, 6) is -0.336. The largest absolute Gasteiger partial charge is 0.419 e. The maximum Gasteiger partial charge on any atom is 0.419 e. The average molecular weight is 428 g/mol. The van der Waals surface area contributed by atoms with Crippen LogP contribution in [0.25, 0.3) is 17.2 Å². The van der Waals surface area contributed by atoms with E-state index in [1.807, 2.05) is 48.5 Å². The molecular formula is C22H25N3O4S. The van der Waals surface area contributed by atoms with Gasteiger partial charge in [0.05, 0.1) is 5.52 Å². The molecule has 1 aliphatic rings. The number of rotatable bonds is 7. The normalized spacial score (nSPS) is 16.5. The highest BCUT2D eigenvalue weighted by atomic mass is 32.2. The lowest BCUT2D eigenvalue weighted by Crippen LogP contribution is -2.48. The summed E-state index contributed by atoms with van der Waals surface area (Å²) in [6, 6.07) is 16.8. The Bertz CT molecular complexity index is 1170. The molecule has 7 nitrogen and oxygen atoms in total. The fourth-order valence-electron chi connectivity index (χ4n) is 3.70. The van der Waals surface area contributed by atoms with Gasteiger partial charge in [-0.1, -0.05) is 42.5 Å². The highest BCUT2D eigenvalue weighted by molar-refractivity contribution is 7.92. The zero-order valence-corrected chi connectivity index (χ0v) is 17.5. The van der Waals surface area contributed by atoms with Crippen LogP contribution in [0, 0.1) is 0 Å². The molecule has 2 heterocycles. The van der Waals surface area contributed by atoms with E-state index in [0.29, 0.717) is 38.3 Å². The van der Waals surface area contributed by atoms with Gasteiger partial charge in [0.15, 0.2) is 5.58 Å². The molecule has 30 heavy (non-hydrogen) atoms. The van der Waals surface area contributed by atoms with Crippen molar-refractivity contribution in [3.63, 3.8) is 0 Å². The molecule has 0 amide bonds. The van der Waals surface area contributed by atoms with Crippen molar-refractivity contribution in [2.24, 2.45) is 0 Å². The van der Waals surface area contributed by atoms with Crippen LogP contribution in [0.3, 0.4) is 0 Å². The van der Waals surface area contributed by atoms with E-state index in [1.54, 1.807) is 16.7 Å². The minimum absolute atomic E-state index is 0.336. The van der Waals surface area contributed by atoms with Crippen molar-refractivity contribution in [1.29, 1.82) is 0 Å².